The fourth-order valence-electron chi connectivity index (χ4n) is 3.02. The van der Waals surface area contributed by atoms with Gasteiger partial charge < -0.3 is 10.2 Å². The van der Waals surface area contributed by atoms with E-state index in [1.807, 2.05) is 0 Å². The zero-order valence-electron chi connectivity index (χ0n) is 14.8. The van der Waals surface area contributed by atoms with Gasteiger partial charge in [0.2, 0.25) is 10.0 Å². The number of nitrogens with one attached hydrogen (secondary N) is 2. The SMILES string of the molecule is O=C(C[NH+]1CCN(S(=O)(=O)c2ccccc2F)CC1)Nc1ccc(F)c(F)c1. The van der Waals surface area contributed by atoms with Gasteiger partial charge in [-0.1, -0.05) is 12.1 Å². The third-order valence-electron chi connectivity index (χ3n) is 4.50. The lowest BCUT2D eigenvalue weighted by molar-refractivity contribution is -0.895. The number of carbonyl (C=O) groups excluding carboxylic acids is 1. The van der Waals surface area contributed by atoms with E-state index in [2.05, 4.69) is 5.32 Å². The van der Waals surface area contributed by atoms with Gasteiger partial charge in [0.1, 0.15) is 10.7 Å². The summed E-state index contributed by atoms with van der Waals surface area (Å²) in [6, 6.07) is 8.26. The van der Waals surface area contributed by atoms with E-state index < -0.39 is 33.4 Å². The maximum atomic E-state index is 13.8. The Labute approximate surface area is 160 Å². The summed E-state index contributed by atoms with van der Waals surface area (Å²) < 4.78 is 66.3. The molecular formula is C18H19F3N3O3S+. The molecule has 28 heavy (non-hydrogen) atoms. The number of carbonyl (C=O) groups is 1. The number of piperazine rings is 1. The molecule has 1 amide bonds. The van der Waals surface area contributed by atoms with Crippen molar-refractivity contribution in [1.29, 1.82) is 0 Å². The van der Waals surface area contributed by atoms with E-state index in [1.54, 1.807) is 0 Å². The Morgan fingerprint density at radius 1 is 1.00 bits per heavy atom. The molecule has 2 N–H and O–H groups in total. The lowest BCUT2D eigenvalue weighted by atomic mass is 10.3. The molecule has 0 aliphatic carbocycles. The molecule has 0 unspecified atom stereocenters. The van der Waals surface area contributed by atoms with Crippen molar-refractivity contribution in [1.82, 2.24) is 4.31 Å². The molecule has 0 saturated carbocycles. The van der Waals surface area contributed by atoms with Gasteiger partial charge in [-0.15, -0.1) is 0 Å². The van der Waals surface area contributed by atoms with Crippen LogP contribution in [-0.4, -0.2) is 51.4 Å². The number of hydrogen-bond donors (Lipinski definition) is 2. The smallest absolute Gasteiger partial charge is 0.279 e. The first-order valence-corrected chi connectivity index (χ1v) is 10.0. The Morgan fingerprint density at radius 3 is 2.32 bits per heavy atom. The number of quaternary nitrogens is 1. The third-order valence-corrected chi connectivity index (χ3v) is 6.43. The Bertz CT molecular complexity index is 977. The Hall–Kier alpha value is -2.43. The molecule has 0 bridgehead atoms. The molecule has 0 aromatic heterocycles. The van der Waals surface area contributed by atoms with Gasteiger partial charge >= 0.3 is 0 Å². The lowest BCUT2D eigenvalue weighted by Gasteiger charge is -2.31. The average molecular weight is 414 g/mol. The van der Waals surface area contributed by atoms with Crippen molar-refractivity contribution in [3.8, 4) is 0 Å². The lowest BCUT2D eigenvalue weighted by Crippen LogP contribution is -3.15. The molecule has 1 aliphatic heterocycles. The van der Waals surface area contributed by atoms with Crippen LogP contribution in [0.5, 0.6) is 0 Å². The molecule has 150 valence electrons. The Morgan fingerprint density at radius 2 is 1.68 bits per heavy atom. The number of hydrogen-bond acceptors (Lipinski definition) is 3. The van der Waals surface area contributed by atoms with Crippen LogP contribution >= 0.6 is 0 Å². The van der Waals surface area contributed by atoms with Crippen molar-refractivity contribution in [2.75, 3.05) is 38.0 Å². The van der Waals surface area contributed by atoms with E-state index in [1.165, 1.54) is 28.6 Å². The van der Waals surface area contributed by atoms with E-state index in [4.69, 9.17) is 0 Å². The standard InChI is InChI=1S/C18H18F3N3O3S/c19-14-6-5-13(11-16(14)21)22-18(25)12-23-7-9-24(10-8-23)28(26,27)17-4-2-1-3-15(17)20/h1-6,11H,7-10,12H2,(H,22,25)/p+1. The molecule has 0 radical (unpaired) electrons. The first-order chi connectivity index (χ1) is 13.3. The topological polar surface area (TPSA) is 70.9 Å². The van der Waals surface area contributed by atoms with E-state index in [0.717, 1.165) is 23.1 Å². The molecule has 1 heterocycles. The maximum absolute atomic E-state index is 13.8. The van der Waals surface area contributed by atoms with Crippen molar-refractivity contribution >= 4 is 21.6 Å². The summed E-state index contributed by atoms with van der Waals surface area (Å²) in [6.07, 6.45) is 0. The van der Waals surface area contributed by atoms with Crippen LogP contribution in [0.3, 0.4) is 0 Å². The van der Waals surface area contributed by atoms with Gasteiger partial charge in [-0.25, -0.2) is 21.6 Å². The highest BCUT2D eigenvalue weighted by atomic mass is 32.2. The molecule has 0 spiro atoms. The first-order valence-electron chi connectivity index (χ1n) is 8.60. The molecule has 1 fully saturated rings. The summed E-state index contributed by atoms with van der Waals surface area (Å²) in [5.74, 6) is -3.26. The maximum Gasteiger partial charge on any atom is 0.279 e. The van der Waals surface area contributed by atoms with Gasteiger partial charge in [-0.05, 0) is 24.3 Å². The highest BCUT2D eigenvalue weighted by molar-refractivity contribution is 7.89. The normalized spacial score (nSPS) is 16.1. The summed E-state index contributed by atoms with van der Waals surface area (Å²) in [7, 11) is -3.93. The minimum atomic E-state index is -3.93. The monoisotopic (exact) mass is 414 g/mol. The van der Waals surface area contributed by atoms with Crippen LogP contribution in [-0.2, 0) is 14.8 Å². The van der Waals surface area contributed by atoms with Crippen LogP contribution in [0.15, 0.2) is 47.4 Å². The summed E-state index contributed by atoms with van der Waals surface area (Å²) in [5, 5.41) is 2.48. The summed E-state index contributed by atoms with van der Waals surface area (Å²) in [5.41, 5.74) is 0.143. The fraction of sp³-hybridized carbons (Fsp3) is 0.278. The van der Waals surface area contributed by atoms with Gasteiger partial charge in [0.15, 0.2) is 18.2 Å². The number of rotatable bonds is 5. The van der Waals surface area contributed by atoms with Crippen LogP contribution in [0.1, 0.15) is 0 Å². The molecule has 2 aromatic rings. The van der Waals surface area contributed by atoms with E-state index in [0.29, 0.717) is 13.1 Å². The van der Waals surface area contributed by atoms with Crippen LogP contribution in [0, 0.1) is 17.5 Å². The zero-order chi connectivity index (χ0) is 20.3. The second kappa shape index (κ2) is 8.29. The number of amides is 1. The van der Waals surface area contributed by atoms with Gasteiger partial charge in [0.05, 0.1) is 26.2 Å². The molecule has 0 atom stereocenters. The molecule has 6 nitrogen and oxygen atoms in total. The highest BCUT2D eigenvalue weighted by Crippen LogP contribution is 2.18. The second-order valence-electron chi connectivity index (χ2n) is 6.44. The van der Waals surface area contributed by atoms with E-state index in [-0.39, 0.29) is 30.2 Å². The van der Waals surface area contributed by atoms with Gasteiger partial charge in [-0.3, -0.25) is 4.79 Å². The zero-order valence-corrected chi connectivity index (χ0v) is 15.6. The van der Waals surface area contributed by atoms with Gasteiger partial charge in [0, 0.05) is 11.8 Å². The second-order valence-corrected chi connectivity index (χ2v) is 8.34. The quantitative estimate of drug-likeness (QED) is 0.754. The fourth-order valence-corrected chi connectivity index (χ4v) is 4.53. The van der Waals surface area contributed by atoms with E-state index >= 15 is 0 Å². The minimum absolute atomic E-state index is 0.0482. The number of benzene rings is 2. The van der Waals surface area contributed by atoms with Gasteiger partial charge in [-0.2, -0.15) is 4.31 Å². The highest BCUT2D eigenvalue weighted by Gasteiger charge is 2.32. The molecule has 1 saturated heterocycles. The van der Waals surface area contributed by atoms with Crippen LogP contribution < -0.4 is 10.2 Å². The first kappa shape index (κ1) is 20.3. The van der Waals surface area contributed by atoms with Crippen molar-refractivity contribution < 1.29 is 31.3 Å². The van der Waals surface area contributed by atoms with Crippen molar-refractivity contribution in [3.63, 3.8) is 0 Å². The molecule has 1 aliphatic rings. The van der Waals surface area contributed by atoms with Crippen molar-refractivity contribution in [2.24, 2.45) is 0 Å². The molecular weight excluding hydrogens is 395 g/mol. The summed E-state index contributed by atoms with van der Waals surface area (Å²) in [4.78, 5) is 12.6. The van der Waals surface area contributed by atoms with Crippen molar-refractivity contribution in [3.05, 3.63) is 59.9 Å². The molecule has 3 rings (SSSR count). The molecule has 10 heteroatoms. The van der Waals surface area contributed by atoms with E-state index in [9.17, 15) is 26.4 Å². The largest absolute Gasteiger partial charge is 0.325 e. The average Bonchev–Trinajstić information content (AvgIpc) is 2.65. The Balaban J connectivity index is 1.56. The Kier molecular flexibility index (Phi) is 6.01. The summed E-state index contributed by atoms with van der Waals surface area (Å²) >= 11 is 0. The number of sulfonamides is 1. The number of nitrogens with zero attached hydrogens (tertiary/aromatic N) is 1. The third kappa shape index (κ3) is 4.51. The van der Waals surface area contributed by atoms with Gasteiger partial charge in [0.25, 0.3) is 5.91 Å². The van der Waals surface area contributed by atoms with Crippen LogP contribution in [0.4, 0.5) is 18.9 Å². The van der Waals surface area contributed by atoms with Crippen molar-refractivity contribution in [2.45, 2.75) is 4.90 Å². The number of anilines is 1. The van der Waals surface area contributed by atoms with Crippen LogP contribution in [0.2, 0.25) is 0 Å². The van der Waals surface area contributed by atoms with Crippen LogP contribution in [0.25, 0.3) is 0 Å². The minimum Gasteiger partial charge on any atom is -0.325 e. The predicted octanol–water partition coefficient (Wildman–Crippen LogP) is 0.632. The number of halogens is 3. The molecule has 2 aromatic carbocycles. The predicted molar refractivity (Wildman–Crippen MR) is 95.7 cm³/mol. The summed E-state index contributed by atoms with van der Waals surface area (Å²) in [6.45, 7) is 1.05.